The number of rotatable bonds is 3. The molecule has 0 aliphatic carbocycles. The van der Waals surface area contributed by atoms with Crippen molar-refractivity contribution in [1.29, 1.82) is 0 Å². The standard InChI is InChI=1S/C21H21ClFN3O3/c1-21(19(27)24-17-7-2-3-8-18(17)29-21)20(28)26-11-9-25(10-12-26)13-14-15(22)5-4-6-16(14)23/h2-8H,9-13H2,1H3,(H,24,27). The fraction of sp³-hybridized carbons (Fsp3) is 0.333. The average molecular weight is 418 g/mol. The molecule has 2 aliphatic heterocycles. The van der Waals surface area contributed by atoms with Crippen LogP contribution >= 0.6 is 11.6 Å². The number of nitrogens with zero attached hydrogens (tertiary/aromatic N) is 2. The van der Waals surface area contributed by atoms with Crippen molar-refractivity contribution in [3.63, 3.8) is 0 Å². The van der Waals surface area contributed by atoms with Crippen LogP contribution in [0.25, 0.3) is 0 Å². The fourth-order valence-electron chi connectivity index (χ4n) is 3.63. The Balaban J connectivity index is 1.42. The van der Waals surface area contributed by atoms with E-state index in [0.717, 1.165) is 0 Å². The number of carbonyl (C=O) groups is 2. The van der Waals surface area contributed by atoms with Crippen LogP contribution in [0.1, 0.15) is 12.5 Å². The Labute approximate surface area is 173 Å². The van der Waals surface area contributed by atoms with E-state index in [0.29, 0.717) is 54.7 Å². The number of ether oxygens (including phenoxy) is 1. The molecule has 2 amide bonds. The molecule has 1 atom stereocenters. The minimum absolute atomic E-state index is 0.338. The number of nitrogens with one attached hydrogen (secondary N) is 1. The molecule has 2 aromatic rings. The number of fused-ring (bicyclic) bond motifs is 1. The second-order valence-corrected chi connectivity index (χ2v) is 7.76. The van der Waals surface area contributed by atoms with Crippen LogP contribution in [-0.2, 0) is 16.1 Å². The minimum atomic E-state index is -1.62. The molecular weight excluding hydrogens is 397 g/mol. The number of anilines is 1. The van der Waals surface area contributed by atoms with Crippen LogP contribution in [0.15, 0.2) is 42.5 Å². The summed E-state index contributed by atoms with van der Waals surface area (Å²) in [5.74, 6) is -0.736. The zero-order valence-electron chi connectivity index (χ0n) is 16.0. The van der Waals surface area contributed by atoms with Crippen molar-refractivity contribution in [2.24, 2.45) is 0 Å². The van der Waals surface area contributed by atoms with Crippen LogP contribution in [-0.4, -0.2) is 53.4 Å². The molecule has 2 heterocycles. The smallest absolute Gasteiger partial charge is 0.278 e. The summed E-state index contributed by atoms with van der Waals surface area (Å²) >= 11 is 6.11. The largest absolute Gasteiger partial charge is 0.466 e. The lowest BCUT2D eigenvalue weighted by atomic mass is 10.00. The Morgan fingerprint density at radius 3 is 2.62 bits per heavy atom. The van der Waals surface area contributed by atoms with Gasteiger partial charge in [0.05, 0.1) is 5.69 Å². The van der Waals surface area contributed by atoms with Gasteiger partial charge in [-0.15, -0.1) is 0 Å². The van der Waals surface area contributed by atoms with Gasteiger partial charge in [0.25, 0.3) is 17.4 Å². The predicted octanol–water partition coefficient (Wildman–Crippen LogP) is 2.91. The molecule has 1 unspecified atom stereocenters. The lowest BCUT2D eigenvalue weighted by Gasteiger charge is -2.40. The monoisotopic (exact) mass is 417 g/mol. The van der Waals surface area contributed by atoms with Gasteiger partial charge in [-0.3, -0.25) is 14.5 Å². The van der Waals surface area contributed by atoms with E-state index in [2.05, 4.69) is 5.32 Å². The molecule has 0 bridgehead atoms. The molecule has 1 N–H and O–H groups in total. The highest BCUT2D eigenvalue weighted by molar-refractivity contribution is 6.31. The number of amides is 2. The van der Waals surface area contributed by atoms with Gasteiger partial charge >= 0.3 is 0 Å². The van der Waals surface area contributed by atoms with Crippen LogP contribution in [0.4, 0.5) is 10.1 Å². The van der Waals surface area contributed by atoms with Gasteiger partial charge in [0.15, 0.2) is 0 Å². The third-order valence-corrected chi connectivity index (χ3v) is 5.75. The van der Waals surface area contributed by atoms with Gasteiger partial charge in [0.2, 0.25) is 0 Å². The second kappa shape index (κ2) is 7.65. The zero-order chi connectivity index (χ0) is 20.6. The molecule has 1 fully saturated rings. The number of benzene rings is 2. The molecule has 29 heavy (non-hydrogen) atoms. The Bertz CT molecular complexity index is 942. The third-order valence-electron chi connectivity index (χ3n) is 5.39. The topological polar surface area (TPSA) is 61.9 Å². The van der Waals surface area contributed by atoms with E-state index >= 15 is 0 Å². The van der Waals surface area contributed by atoms with Crippen LogP contribution in [0.2, 0.25) is 5.02 Å². The summed E-state index contributed by atoms with van der Waals surface area (Å²) in [6, 6.07) is 11.6. The highest BCUT2D eigenvalue weighted by Gasteiger charge is 2.49. The van der Waals surface area contributed by atoms with Gasteiger partial charge in [-0.2, -0.15) is 0 Å². The Morgan fingerprint density at radius 1 is 1.17 bits per heavy atom. The van der Waals surface area contributed by atoms with E-state index in [1.807, 2.05) is 4.90 Å². The lowest BCUT2D eigenvalue weighted by molar-refractivity contribution is -0.155. The molecule has 2 aliphatic rings. The van der Waals surface area contributed by atoms with Crippen molar-refractivity contribution in [3.8, 4) is 5.75 Å². The van der Waals surface area contributed by atoms with Crippen molar-refractivity contribution in [3.05, 3.63) is 58.9 Å². The summed E-state index contributed by atoms with van der Waals surface area (Å²) in [7, 11) is 0. The Morgan fingerprint density at radius 2 is 1.90 bits per heavy atom. The summed E-state index contributed by atoms with van der Waals surface area (Å²) in [5.41, 5.74) is -0.618. The first-order valence-electron chi connectivity index (χ1n) is 9.42. The first kappa shape index (κ1) is 19.7. The molecule has 8 heteroatoms. The first-order valence-corrected chi connectivity index (χ1v) is 9.80. The number of halogens is 2. The van der Waals surface area contributed by atoms with Crippen LogP contribution in [0.3, 0.4) is 0 Å². The van der Waals surface area contributed by atoms with Crippen molar-refractivity contribution < 1.29 is 18.7 Å². The van der Waals surface area contributed by atoms with E-state index in [1.54, 1.807) is 41.3 Å². The highest BCUT2D eigenvalue weighted by Crippen LogP contribution is 2.34. The Hall–Kier alpha value is -2.64. The average Bonchev–Trinajstić information content (AvgIpc) is 2.71. The summed E-state index contributed by atoms with van der Waals surface area (Å²) in [4.78, 5) is 29.4. The second-order valence-electron chi connectivity index (χ2n) is 7.35. The summed E-state index contributed by atoms with van der Waals surface area (Å²) in [6.45, 7) is 3.79. The van der Waals surface area contributed by atoms with Gasteiger partial charge in [-0.05, 0) is 31.2 Å². The van der Waals surface area contributed by atoms with Crippen molar-refractivity contribution in [2.45, 2.75) is 19.1 Å². The van der Waals surface area contributed by atoms with Crippen molar-refractivity contribution >= 4 is 29.1 Å². The highest BCUT2D eigenvalue weighted by atomic mass is 35.5. The molecular formula is C21H21ClFN3O3. The molecule has 4 rings (SSSR count). The van der Waals surface area contributed by atoms with E-state index in [-0.39, 0.29) is 11.7 Å². The van der Waals surface area contributed by atoms with Gasteiger partial charge in [0, 0.05) is 43.3 Å². The van der Waals surface area contributed by atoms with Crippen molar-refractivity contribution in [1.82, 2.24) is 9.80 Å². The predicted molar refractivity (Wildman–Crippen MR) is 107 cm³/mol. The van der Waals surface area contributed by atoms with Gasteiger partial charge in [-0.25, -0.2) is 4.39 Å². The molecule has 152 valence electrons. The zero-order valence-corrected chi connectivity index (χ0v) is 16.7. The number of para-hydroxylation sites is 2. The first-order chi connectivity index (χ1) is 13.9. The normalized spacial score (nSPS) is 21.9. The van der Waals surface area contributed by atoms with E-state index in [1.165, 1.54) is 13.0 Å². The number of hydrogen-bond donors (Lipinski definition) is 1. The summed E-state index contributed by atoms with van der Waals surface area (Å²) in [6.07, 6.45) is 0. The minimum Gasteiger partial charge on any atom is -0.466 e. The SMILES string of the molecule is CC1(C(=O)N2CCN(Cc3c(F)cccc3Cl)CC2)Oc2ccccc2NC1=O. The molecule has 2 aromatic carbocycles. The maximum atomic E-state index is 14.0. The third kappa shape index (κ3) is 3.68. The maximum absolute atomic E-state index is 14.0. The molecule has 1 saturated heterocycles. The van der Waals surface area contributed by atoms with Crippen LogP contribution in [0, 0.1) is 5.82 Å². The summed E-state index contributed by atoms with van der Waals surface area (Å²) in [5, 5.41) is 3.14. The quantitative estimate of drug-likeness (QED) is 0.780. The van der Waals surface area contributed by atoms with Crippen LogP contribution < -0.4 is 10.1 Å². The van der Waals surface area contributed by atoms with E-state index in [9.17, 15) is 14.0 Å². The number of piperazine rings is 1. The van der Waals surface area contributed by atoms with Crippen molar-refractivity contribution in [2.75, 3.05) is 31.5 Å². The number of hydrogen-bond acceptors (Lipinski definition) is 4. The van der Waals surface area contributed by atoms with E-state index in [4.69, 9.17) is 16.3 Å². The van der Waals surface area contributed by atoms with Crippen LogP contribution in [0.5, 0.6) is 5.75 Å². The molecule has 6 nitrogen and oxygen atoms in total. The molecule has 0 spiro atoms. The maximum Gasteiger partial charge on any atom is 0.278 e. The van der Waals surface area contributed by atoms with Gasteiger partial charge in [0.1, 0.15) is 11.6 Å². The van der Waals surface area contributed by atoms with Gasteiger partial charge in [-0.1, -0.05) is 29.8 Å². The number of carbonyl (C=O) groups excluding carboxylic acids is 2. The summed E-state index contributed by atoms with van der Waals surface area (Å²) < 4.78 is 19.8. The Kier molecular flexibility index (Phi) is 5.19. The molecule has 0 radical (unpaired) electrons. The lowest BCUT2D eigenvalue weighted by Crippen LogP contribution is -2.62. The molecule has 0 saturated carbocycles. The van der Waals surface area contributed by atoms with Gasteiger partial charge < -0.3 is 15.0 Å². The fourth-order valence-corrected chi connectivity index (χ4v) is 3.85. The molecule has 0 aromatic heterocycles. The van der Waals surface area contributed by atoms with E-state index < -0.39 is 11.5 Å².